The van der Waals surface area contributed by atoms with Crippen LogP contribution in [0.3, 0.4) is 0 Å². The van der Waals surface area contributed by atoms with Crippen LogP contribution in [0.1, 0.15) is 23.8 Å². The zero-order valence-corrected chi connectivity index (χ0v) is 10.3. The summed E-state index contributed by atoms with van der Waals surface area (Å²) in [6, 6.07) is 3.38. The van der Waals surface area contributed by atoms with Crippen molar-refractivity contribution in [1.82, 2.24) is 15.6 Å². The third kappa shape index (κ3) is 4.82. The smallest absolute Gasteiger partial charge is 0.269 e. The van der Waals surface area contributed by atoms with E-state index in [2.05, 4.69) is 22.5 Å². The fourth-order valence-electron chi connectivity index (χ4n) is 1.30. The third-order valence-electron chi connectivity index (χ3n) is 2.17. The molecule has 1 amide bonds. The zero-order chi connectivity index (χ0) is 12.5. The van der Waals surface area contributed by atoms with Crippen molar-refractivity contribution < 1.29 is 9.53 Å². The lowest BCUT2D eigenvalue weighted by atomic mass is 10.3. The molecule has 1 aromatic heterocycles. The van der Waals surface area contributed by atoms with Gasteiger partial charge in [0.25, 0.3) is 5.91 Å². The highest BCUT2D eigenvalue weighted by atomic mass is 16.5. The SMILES string of the molecule is CCCNCCOc1ccnc(C(=O)NC)c1. The Bertz CT molecular complexity index is 355. The molecule has 0 aromatic carbocycles. The first-order chi connectivity index (χ1) is 8.27. The lowest BCUT2D eigenvalue weighted by Gasteiger charge is -2.07. The number of amides is 1. The van der Waals surface area contributed by atoms with Crippen molar-refractivity contribution in [3.63, 3.8) is 0 Å². The summed E-state index contributed by atoms with van der Waals surface area (Å²) in [4.78, 5) is 15.3. The van der Waals surface area contributed by atoms with Gasteiger partial charge >= 0.3 is 0 Å². The summed E-state index contributed by atoms with van der Waals surface area (Å²) < 4.78 is 5.51. The van der Waals surface area contributed by atoms with Gasteiger partial charge in [-0.25, -0.2) is 0 Å². The van der Waals surface area contributed by atoms with Crippen molar-refractivity contribution in [2.45, 2.75) is 13.3 Å². The van der Waals surface area contributed by atoms with Gasteiger partial charge in [-0.05, 0) is 19.0 Å². The van der Waals surface area contributed by atoms with Crippen LogP contribution in [0.15, 0.2) is 18.3 Å². The fourth-order valence-corrected chi connectivity index (χ4v) is 1.30. The Labute approximate surface area is 102 Å². The number of nitrogens with zero attached hydrogens (tertiary/aromatic N) is 1. The number of hydrogen-bond acceptors (Lipinski definition) is 4. The predicted octanol–water partition coefficient (Wildman–Crippen LogP) is 0.820. The number of carbonyl (C=O) groups excluding carboxylic acids is 1. The quantitative estimate of drug-likeness (QED) is 0.689. The Morgan fingerprint density at radius 3 is 3.00 bits per heavy atom. The van der Waals surface area contributed by atoms with Crippen LogP contribution in [0.25, 0.3) is 0 Å². The highest BCUT2D eigenvalue weighted by Crippen LogP contribution is 2.10. The lowest BCUT2D eigenvalue weighted by molar-refractivity contribution is 0.0957. The minimum Gasteiger partial charge on any atom is -0.492 e. The van der Waals surface area contributed by atoms with Crippen molar-refractivity contribution in [2.24, 2.45) is 0 Å². The van der Waals surface area contributed by atoms with Gasteiger partial charge in [-0.2, -0.15) is 0 Å². The topological polar surface area (TPSA) is 63.2 Å². The summed E-state index contributed by atoms with van der Waals surface area (Å²) in [6.07, 6.45) is 2.68. The molecule has 0 spiro atoms. The molecule has 0 aliphatic carbocycles. The maximum Gasteiger partial charge on any atom is 0.269 e. The number of nitrogens with one attached hydrogen (secondary N) is 2. The summed E-state index contributed by atoms with van der Waals surface area (Å²) in [5, 5.41) is 5.76. The van der Waals surface area contributed by atoms with E-state index in [1.807, 2.05) is 0 Å². The monoisotopic (exact) mass is 237 g/mol. The van der Waals surface area contributed by atoms with E-state index >= 15 is 0 Å². The van der Waals surface area contributed by atoms with E-state index < -0.39 is 0 Å². The van der Waals surface area contributed by atoms with E-state index in [-0.39, 0.29) is 5.91 Å². The first-order valence-electron chi connectivity index (χ1n) is 5.79. The molecule has 2 N–H and O–H groups in total. The molecule has 0 atom stereocenters. The van der Waals surface area contributed by atoms with Crippen LogP contribution < -0.4 is 15.4 Å². The Kier molecular flexibility index (Phi) is 6.03. The van der Waals surface area contributed by atoms with Crippen LogP contribution in [0.4, 0.5) is 0 Å². The molecular formula is C12H19N3O2. The van der Waals surface area contributed by atoms with Gasteiger partial charge in [-0.1, -0.05) is 6.92 Å². The summed E-state index contributed by atoms with van der Waals surface area (Å²) in [6.45, 7) is 4.48. The minimum absolute atomic E-state index is 0.209. The van der Waals surface area contributed by atoms with Crippen molar-refractivity contribution in [3.05, 3.63) is 24.0 Å². The van der Waals surface area contributed by atoms with E-state index in [0.29, 0.717) is 18.1 Å². The predicted molar refractivity (Wildman–Crippen MR) is 66.3 cm³/mol. The van der Waals surface area contributed by atoms with Crippen molar-refractivity contribution >= 4 is 5.91 Å². The molecule has 1 aromatic rings. The second-order valence-corrected chi connectivity index (χ2v) is 3.55. The maximum absolute atomic E-state index is 11.3. The molecule has 1 heterocycles. The number of hydrogen-bond donors (Lipinski definition) is 2. The highest BCUT2D eigenvalue weighted by molar-refractivity contribution is 5.92. The minimum atomic E-state index is -0.209. The van der Waals surface area contributed by atoms with Crippen molar-refractivity contribution in [2.75, 3.05) is 26.7 Å². The Hall–Kier alpha value is -1.62. The highest BCUT2D eigenvalue weighted by Gasteiger charge is 2.05. The lowest BCUT2D eigenvalue weighted by Crippen LogP contribution is -2.22. The average molecular weight is 237 g/mol. The number of pyridine rings is 1. The number of carbonyl (C=O) groups is 1. The van der Waals surface area contributed by atoms with Crippen molar-refractivity contribution in [1.29, 1.82) is 0 Å². The fraction of sp³-hybridized carbons (Fsp3) is 0.500. The van der Waals surface area contributed by atoms with Crippen LogP contribution in [0, 0.1) is 0 Å². The van der Waals surface area contributed by atoms with Crippen LogP contribution in [0.5, 0.6) is 5.75 Å². The van der Waals surface area contributed by atoms with Gasteiger partial charge < -0.3 is 15.4 Å². The average Bonchev–Trinajstić information content (AvgIpc) is 2.38. The summed E-state index contributed by atoms with van der Waals surface area (Å²) in [5.74, 6) is 0.455. The van der Waals surface area contributed by atoms with E-state index in [1.165, 1.54) is 0 Å². The number of ether oxygens (including phenoxy) is 1. The summed E-state index contributed by atoms with van der Waals surface area (Å²) in [5.41, 5.74) is 0.367. The Morgan fingerprint density at radius 1 is 1.47 bits per heavy atom. The van der Waals surface area contributed by atoms with Gasteiger partial charge in [0.15, 0.2) is 0 Å². The van der Waals surface area contributed by atoms with Gasteiger partial charge in [0, 0.05) is 25.9 Å². The summed E-state index contributed by atoms with van der Waals surface area (Å²) >= 11 is 0. The molecule has 0 aliphatic heterocycles. The molecule has 1 rings (SSSR count). The van der Waals surface area contributed by atoms with Crippen LogP contribution >= 0.6 is 0 Å². The molecule has 5 heteroatoms. The first kappa shape index (κ1) is 13.4. The van der Waals surface area contributed by atoms with Crippen LogP contribution in [-0.2, 0) is 0 Å². The van der Waals surface area contributed by atoms with E-state index in [4.69, 9.17) is 4.74 Å². The molecule has 0 saturated carbocycles. The molecule has 0 radical (unpaired) electrons. The maximum atomic E-state index is 11.3. The molecular weight excluding hydrogens is 218 g/mol. The number of rotatable bonds is 7. The van der Waals surface area contributed by atoms with Gasteiger partial charge in [0.1, 0.15) is 18.1 Å². The van der Waals surface area contributed by atoms with Gasteiger partial charge in [-0.15, -0.1) is 0 Å². The van der Waals surface area contributed by atoms with Crippen LogP contribution in [-0.4, -0.2) is 37.6 Å². The normalized spacial score (nSPS) is 10.0. The molecule has 0 aliphatic rings. The first-order valence-corrected chi connectivity index (χ1v) is 5.79. The second kappa shape index (κ2) is 7.62. The molecule has 0 bridgehead atoms. The van der Waals surface area contributed by atoms with Gasteiger partial charge in [0.2, 0.25) is 0 Å². The largest absolute Gasteiger partial charge is 0.492 e. The molecule has 0 saturated heterocycles. The molecule has 94 valence electrons. The Balaban J connectivity index is 2.40. The van der Waals surface area contributed by atoms with Crippen LogP contribution in [0.2, 0.25) is 0 Å². The second-order valence-electron chi connectivity index (χ2n) is 3.55. The van der Waals surface area contributed by atoms with Crippen molar-refractivity contribution in [3.8, 4) is 5.75 Å². The van der Waals surface area contributed by atoms with Gasteiger partial charge in [0.05, 0.1) is 0 Å². The summed E-state index contributed by atoms with van der Waals surface area (Å²) in [7, 11) is 1.58. The van der Waals surface area contributed by atoms with E-state index in [0.717, 1.165) is 19.5 Å². The van der Waals surface area contributed by atoms with Gasteiger partial charge in [-0.3, -0.25) is 9.78 Å². The third-order valence-corrected chi connectivity index (χ3v) is 2.17. The Morgan fingerprint density at radius 2 is 2.29 bits per heavy atom. The number of aromatic nitrogens is 1. The molecule has 0 unspecified atom stereocenters. The molecule has 17 heavy (non-hydrogen) atoms. The molecule has 0 fully saturated rings. The zero-order valence-electron chi connectivity index (χ0n) is 10.3. The standard InChI is InChI=1S/C12H19N3O2/c1-3-5-14-7-8-17-10-4-6-15-11(9-10)12(16)13-2/h4,6,9,14H,3,5,7-8H2,1-2H3,(H,13,16). The van der Waals surface area contributed by atoms with E-state index in [9.17, 15) is 4.79 Å². The van der Waals surface area contributed by atoms with E-state index in [1.54, 1.807) is 25.4 Å². The molecule has 5 nitrogen and oxygen atoms in total.